The lowest BCUT2D eigenvalue weighted by Gasteiger charge is -2.13. The Hall–Kier alpha value is 0.120. The van der Waals surface area contributed by atoms with Crippen LogP contribution in [0.2, 0.25) is 0 Å². The van der Waals surface area contributed by atoms with E-state index in [1.165, 1.54) is 0 Å². The molecule has 0 spiro atoms. The van der Waals surface area contributed by atoms with E-state index >= 15 is 0 Å². The molecule has 2 aromatic rings. The number of methoxy groups -OCH3 is 1. The molecule has 2 N–H and O–H groups in total. The highest BCUT2D eigenvalue weighted by molar-refractivity contribution is 9.13. The molecule has 0 saturated heterocycles. The lowest BCUT2D eigenvalue weighted by atomic mass is 10.1. The number of halogens is 3. The van der Waals surface area contributed by atoms with Crippen molar-refractivity contribution in [2.45, 2.75) is 6.04 Å². The molecule has 0 aliphatic carbocycles. The highest BCUT2D eigenvalue weighted by Crippen LogP contribution is 2.38. The molecule has 0 aliphatic heterocycles. The molecule has 1 heterocycles. The van der Waals surface area contributed by atoms with Gasteiger partial charge in [0.1, 0.15) is 5.75 Å². The summed E-state index contributed by atoms with van der Waals surface area (Å²) in [6.07, 6.45) is 0. The molecule has 0 bridgehead atoms. The van der Waals surface area contributed by atoms with Crippen molar-refractivity contribution >= 4 is 59.1 Å². The minimum Gasteiger partial charge on any atom is -0.497 e. The summed E-state index contributed by atoms with van der Waals surface area (Å²) in [5.41, 5.74) is 7.33. The van der Waals surface area contributed by atoms with Crippen LogP contribution in [-0.2, 0) is 0 Å². The van der Waals surface area contributed by atoms with Crippen molar-refractivity contribution in [3.05, 3.63) is 47.4 Å². The summed E-state index contributed by atoms with van der Waals surface area (Å²) >= 11 is 12.1. The number of hydrogen-bond acceptors (Lipinski definition) is 3. The van der Waals surface area contributed by atoms with Crippen molar-refractivity contribution in [2.75, 3.05) is 7.11 Å². The van der Waals surface area contributed by atoms with Crippen LogP contribution in [0.1, 0.15) is 16.5 Å². The Morgan fingerprint density at radius 2 is 1.89 bits per heavy atom. The van der Waals surface area contributed by atoms with Crippen molar-refractivity contribution in [3.63, 3.8) is 0 Å². The van der Waals surface area contributed by atoms with Gasteiger partial charge in [-0.1, -0.05) is 22.0 Å². The van der Waals surface area contributed by atoms with E-state index in [1.807, 2.05) is 24.3 Å². The molecule has 96 valence electrons. The molecule has 0 saturated carbocycles. The zero-order chi connectivity index (χ0) is 13.3. The maximum absolute atomic E-state index is 6.29. The van der Waals surface area contributed by atoms with E-state index in [2.05, 4.69) is 47.8 Å². The Morgan fingerprint density at radius 1 is 1.17 bits per heavy atom. The summed E-state index contributed by atoms with van der Waals surface area (Å²) in [4.78, 5) is 1.10. The molecule has 0 amide bonds. The molecule has 2 rings (SSSR count). The first kappa shape index (κ1) is 14.5. The van der Waals surface area contributed by atoms with Gasteiger partial charge in [0.2, 0.25) is 0 Å². The van der Waals surface area contributed by atoms with Gasteiger partial charge in [0, 0.05) is 13.8 Å². The Balaban J connectivity index is 2.36. The topological polar surface area (TPSA) is 35.2 Å². The van der Waals surface area contributed by atoms with Crippen molar-refractivity contribution in [2.24, 2.45) is 5.73 Å². The first-order chi connectivity index (χ1) is 8.52. The first-order valence-electron chi connectivity index (χ1n) is 5.06. The third-order valence-electron chi connectivity index (χ3n) is 2.51. The van der Waals surface area contributed by atoms with Gasteiger partial charge in [-0.2, -0.15) is 0 Å². The van der Waals surface area contributed by atoms with Crippen LogP contribution in [0.4, 0.5) is 0 Å². The van der Waals surface area contributed by atoms with Crippen LogP contribution in [0, 0.1) is 0 Å². The van der Waals surface area contributed by atoms with Gasteiger partial charge in [-0.15, -0.1) is 11.3 Å². The van der Waals surface area contributed by atoms with Crippen LogP contribution < -0.4 is 10.5 Å². The van der Waals surface area contributed by atoms with E-state index in [9.17, 15) is 0 Å². The third kappa shape index (κ3) is 2.99. The average Bonchev–Trinajstić information content (AvgIpc) is 2.68. The second-order valence-corrected chi connectivity index (χ2v) is 7.75. The van der Waals surface area contributed by atoms with E-state index in [1.54, 1.807) is 18.4 Å². The smallest absolute Gasteiger partial charge is 0.120 e. The van der Waals surface area contributed by atoms with Crippen LogP contribution in [0.5, 0.6) is 5.75 Å². The molecular formula is C12H10Br3NOS. The van der Waals surface area contributed by atoms with Gasteiger partial charge in [-0.3, -0.25) is 0 Å². The number of ether oxygens (including phenoxy) is 1. The van der Waals surface area contributed by atoms with E-state index in [-0.39, 0.29) is 6.04 Å². The fraction of sp³-hybridized carbons (Fsp3) is 0.167. The van der Waals surface area contributed by atoms with Crippen molar-refractivity contribution in [3.8, 4) is 5.75 Å². The van der Waals surface area contributed by atoms with Gasteiger partial charge >= 0.3 is 0 Å². The van der Waals surface area contributed by atoms with E-state index in [0.717, 1.165) is 28.9 Å². The molecule has 0 aliphatic rings. The standard InChI is InChI=1S/C12H10Br3NOS/c1-17-6-2-3-7(8(13)4-6)11(16)10-5-9(14)12(15)18-10/h2-5,11H,16H2,1H3. The molecule has 1 unspecified atom stereocenters. The van der Waals surface area contributed by atoms with Gasteiger partial charge < -0.3 is 10.5 Å². The number of thiophene rings is 1. The molecule has 18 heavy (non-hydrogen) atoms. The summed E-state index contributed by atoms with van der Waals surface area (Å²) < 4.78 is 8.21. The molecular weight excluding hydrogens is 446 g/mol. The highest BCUT2D eigenvalue weighted by Gasteiger charge is 2.16. The minimum absolute atomic E-state index is 0.155. The fourth-order valence-corrected chi connectivity index (χ4v) is 4.27. The maximum Gasteiger partial charge on any atom is 0.120 e. The van der Waals surface area contributed by atoms with Crippen LogP contribution in [-0.4, -0.2) is 7.11 Å². The van der Waals surface area contributed by atoms with Crippen molar-refractivity contribution in [1.29, 1.82) is 0 Å². The molecule has 0 fully saturated rings. The Labute approximate surface area is 135 Å². The summed E-state index contributed by atoms with van der Waals surface area (Å²) in [5.74, 6) is 0.811. The average molecular weight is 456 g/mol. The van der Waals surface area contributed by atoms with Crippen LogP contribution in [0.3, 0.4) is 0 Å². The maximum atomic E-state index is 6.29. The highest BCUT2D eigenvalue weighted by atomic mass is 79.9. The normalized spacial score (nSPS) is 12.5. The largest absolute Gasteiger partial charge is 0.497 e. The summed E-state index contributed by atoms with van der Waals surface area (Å²) in [6.45, 7) is 0. The zero-order valence-electron chi connectivity index (χ0n) is 9.41. The fourth-order valence-electron chi connectivity index (χ4n) is 1.56. The third-order valence-corrected chi connectivity index (χ3v) is 6.54. The van der Waals surface area contributed by atoms with Crippen molar-refractivity contribution < 1.29 is 4.74 Å². The molecule has 0 radical (unpaired) electrons. The van der Waals surface area contributed by atoms with Crippen LogP contribution >= 0.6 is 59.1 Å². The van der Waals surface area contributed by atoms with E-state index in [4.69, 9.17) is 10.5 Å². The second-order valence-electron chi connectivity index (χ2n) is 3.64. The van der Waals surface area contributed by atoms with Gasteiger partial charge in [0.25, 0.3) is 0 Å². The van der Waals surface area contributed by atoms with Crippen LogP contribution in [0.25, 0.3) is 0 Å². The molecule has 1 aromatic carbocycles. The number of rotatable bonds is 3. The molecule has 2 nitrogen and oxygen atoms in total. The summed E-state index contributed by atoms with van der Waals surface area (Å²) in [7, 11) is 1.65. The predicted octanol–water partition coefficient (Wildman–Crippen LogP) is 5.09. The van der Waals surface area contributed by atoms with Gasteiger partial charge in [-0.05, 0) is 55.6 Å². The van der Waals surface area contributed by atoms with Crippen molar-refractivity contribution in [1.82, 2.24) is 0 Å². The Bertz CT molecular complexity index is 551. The molecule has 1 atom stereocenters. The number of benzene rings is 1. The van der Waals surface area contributed by atoms with Gasteiger partial charge in [0.05, 0.1) is 16.9 Å². The van der Waals surface area contributed by atoms with E-state index in [0.29, 0.717) is 0 Å². The summed E-state index contributed by atoms with van der Waals surface area (Å²) in [6, 6.07) is 7.70. The minimum atomic E-state index is -0.155. The monoisotopic (exact) mass is 453 g/mol. The molecule has 1 aromatic heterocycles. The quantitative estimate of drug-likeness (QED) is 0.699. The Morgan fingerprint density at radius 3 is 2.39 bits per heavy atom. The lowest BCUT2D eigenvalue weighted by molar-refractivity contribution is 0.414. The van der Waals surface area contributed by atoms with Crippen LogP contribution in [0.15, 0.2) is 37.0 Å². The number of nitrogens with two attached hydrogens (primary N) is 1. The second kappa shape index (κ2) is 6.05. The van der Waals surface area contributed by atoms with Gasteiger partial charge in [-0.25, -0.2) is 0 Å². The zero-order valence-corrected chi connectivity index (χ0v) is 15.0. The first-order valence-corrected chi connectivity index (χ1v) is 8.26. The van der Waals surface area contributed by atoms with E-state index < -0.39 is 0 Å². The van der Waals surface area contributed by atoms with Gasteiger partial charge in [0.15, 0.2) is 0 Å². The summed E-state index contributed by atoms with van der Waals surface area (Å²) in [5, 5.41) is 0. The molecule has 6 heteroatoms. The Kier molecular flexibility index (Phi) is 4.88. The SMILES string of the molecule is COc1ccc(C(N)c2cc(Br)c(Br)s2)c(Br)c1. The predicted molar refractivity (Wildman–Crippen MR) is 86.4 cm³/mol. The number of hydrogen-bond donors (Lipinski definition) is 1. The lowest BCUT2D eigenvalue weighted by Crippen LogP contribution is -2.10.